The van der Waals surface area contributed by atoms with Gasteiger partial charge in [-0.1, -0.05) is 31.8 Å². The maximum absolute atomic E-state index is 12.4. The molecule has 0 unspecified atom stereocenters. The van der Waals surface area contributed by atoms with E-state index >= 15 is 0 Å². The monoisotopic (exact) mass is 346 g/mol. The molecule has 1 aromatic carbocycles. The van der Waals surface area contributed by atoms with E-state index in [0.717, 1.165) is 0 Å². The summed E-state index contributed by atoms with van der Waals surface area (Å²) >= 11 is 0. The van der Waals surface area contributed by atoms with E-state index < -0.39 is 37.6 Å². The molecular weight excluding hydrogens is 324 g/mol. The minimum Gasteiger partial charge on any atom is -0.508 e. The van der Waals surface area contributed by atoms with Crippen molar-refractivity contribution in [3.63, 3.8) is 0 Å². The zero-order chi connectivity index (χ0) is 18.1. The van der Waals surface area contributed by atoms with Gasteiger partial charge >= 0.3 is 11.9 Å². The number of phenols is 1. The number of cyclic esters (lactones) is 2. The average molecular weight is 346 g/mol. The lowest BCUT2D eigenvalue weighted by molar-refractivity contribution is -0.240. The number of rotatable bonds is 2. The number of hydrogen-bond donors (Lipinski definition) is 1. The first-order valence-electron chi connectivity index (χ1n) is 7.76. The Morgan fingerprint density at radius 2 is 1.75 bits per heavy atom. The van der Waals surface area contributed by atoms with E-state index in [1.165, 1.54) is 26.0 Å². The Morgan fingerprint density at radius 3 is 2.25 bits per heavy atom. The van der Waals surface area contributed by atoms with Crippen LogP contribution in [0.5, 0.6) is 5.75 Å². The zero-order valence-corrected chi connectivity index (χ0v) is 15.5. The molecule has 1 saturated heterocycles. The molecule has 0 amide bonds. The highest BCUT2D eigenvalue weighted by Gasteiger charge is 2.47. The molecule has 1 atom stereocenters. The number of ether oxygens (including phenoxy) is 2. The van der Waals surface area contributed by atoms with Gasteiger partial charge in [-0.25, -0.2) is 0 Å². The fourth-order valence-electron chi connectivity index (χ4n) is 2.37. The molecule has 1 aliphatic heterocycles. The topological polar surface area (TPSA) is 72.8 Å². The van der Waals surface area contributed by atoms with E-state index in [9.17, 15) is 14.7 Å². The Morgan fingerprint density at radius 1 is 1.17 bits per heavy atom. The second-order valence-electron chi connectivity index (χ2n) is 7.31. The molecule has 6 heteroatoms. The summed E-state index contributed by atoms with van der Waals surface area (Å²) in [4.78, 5) is 24.8. The van der Waals surface area contributed by atoms with Crippen LogP contribution >= 0.6 is 0 Å². The maximum Gasteiger partial charge on any atom is 0.325 e. The number of carbonyl (C=O) groups is 2. The molecule has 128 valence electrons. The molecular formula is C18H22O5Si. The van der Waals surface area contributed by atoms with E-state index in [0.29, 0.717) is 5.56 Å². The van der Waals surface area contributed by atoms with Crippen LogP contribution in [0, 0.1) is 17.4 Å². The molecule has 1 heterocycles. The Kier molecular flexibility index (Phi) is 4.77. The third kappa shape index (κ3) is 4.39. The summed E-state index contributed by atoms with van der Waals surface area (Å²) < 4.78 is 10.4. The molecule has 0 spiro atoms. The molecule has 1 N–H and O–H groups in total. The van der Waals surface area contributed by atoms with Crippen molar-refractivity contribution in [1.29, 1.82) is 0 Å². The van der Waals surface area contributed by atoms with Crippen molar-refractivity contribution in [3.8, 4) is 17.2 Å². The van der Waals surface area contributed by atoms with Crippen molar-refractivity contribution in [2.24, 2.45) is 5.92 Å². The SMILES string of the molecule is CC1(C)OC(=O)C([C@H](C#C[Si](C)(C)C)c2cccc(O)c2)C(=O)O1. The molecule has 1 fully saturated rings. The van der Waals surface area contributed by atoms with Crippen molar-refractivity contribution in [1.82, 2.24) is 0 Å². The summed E-state index contributed by atoms with van der Waals surface area (Å²) in [6.45, 7) is 9.23. The van der Waals surface area contributed by atoms with E-state index in [1.807, 2.05) is 0 Å². The maximum atomic E-state index is 12.4. The van der Waals surface area contributed by atoms with Gasteiger partial charge in [-0.15, -0.1) is 11.5 Å². The van der Waals surface area contributed by atoms with Crippen molar-refractivity contribution in [3.05, 3.63) is 29.8 Å². The largest absolute Gasteiger partial charge is 0.508 e. The predicted molar refractivity (Wildman–Crippen MR) is 91.7 cm³/mol. The lowest BCUT2D eigenvalue weighted by Crippen LogP contribution is -2.48. The Hall–Kier alpha value is -2.26. The van der Waals surface area contributed by atoms with Crippen LogP contribution in [0.1, 0.15) is 25.3 Å². The number of benzene rings is 1. The Labute approximate surface area is 143 Å². The highest BCUT2D eigenvalue weighted by atomic mass is 28.3. The van der Waals surface area contributed by atoms with Crippen LogP contribution in [-0.4, -0.2) is 30.9 Å². The molecule has 2 rings (SSSR count). The van der Waals surface area contributed by atoms with Crippen LogP contribution < -0.4 is 0 Å². The molecule has 0 aromatic heterocycles. The molecule has 0 saturated carbocycles. The van der Waals surface area contributed by atoms with Crippen molar-refractivity contribution in [2.75, 3.05) is 0 Å². The van der Waals surface area contributed by atoms with Crippen LogP contribution in [0.15, 0.2) is 24.3 Å². The van der Waals surface area contributed by atoms with Gasteiger partial charge in [-0.2, -0.15) is 0 Å². The van der Waals surface area contributed by atoms with E-state index in [-0.39, 0.29) is 5.75 Å². The van der Waals surface area contributed by atoms with Gasteiger partial charge < -0.3 is 14.6 Å². The highest BCUT2D eigenvalue weighted by Crippen LogP contribution is 2.34. The zero-order valence-electron chi connectivity index (χ0n) is 14.5. The Balaban J connectivity index is 2.48. The van der Waals surface area contributed by atoms with E-state index in [1.54, 1.807) is 12.1 Å². The average Bonchev–Trinajstić information content (AvgIpc) is 2.39. The normalized spacial score (nSPS) is 18.9. The fraction of sp³-hybridized carbons (Fsp3) is 0.444. The minimum absolute atomic E-state index is 0.0465. The van der Waals surface area contributed by atoms with Crippen molar-refractivity contribution >= 4 is 20.0 Å². The number of phenolic OH excluding ortho intramolecular Hbond substituents is 1. The van der Waals surface area contributed by atoms with Gasteiger partial charge in [-0.3, -0.25) is 9.59 Å². The third-order valence-electron chi connectivity index (χ3n) is 3.37. The molecule has 5 nitrogen and oxygen atoms in total. The van der Waals surface area contributed by atoms with Gasteiger partial charge in [0.05, 0.1) is 5.92 Å². The van der Waals surface area contributed by atoms with Gasteiger partial charge in [0, 0.05) is 13.8 Å². The first kappa shape index (κ1) is 18.1. The lowest BCUT2D eigenvalue weighted by atomic mass is 9.86. The summed E-state index contributed by atoms with van der Waals surface area (Å²) in [5.74, 6) is -1.37. The van der Waals surface area contributed by atoms with Crippen LogP contribution in [0.3, 0.4) is 0 Å². The quantitative estimate of drug-likeness (QED) is 0.386. The van der Waals surface area contributed by atoms with Crippen LogP contribution in [0.2, 0.25) is 19.6 Å². The molecule has 1 aliphatic rings. The van der Waals surface area contributed by atoms with Crippen LogP contribution in [-0.2, 0) is 19.1 Å². The predicted octanol–water partition coefficient (Wildman–Crippen LogP) is 2.81. The first-order valence-corrected chi connectivity index (χ1v) is 11.3. The number of carbonyl (C=O) groups excluding carboxylic acids is 2. The number of hydrogen-bond acceptors (Lipinski definition) is 5. The second kappa shape index (κ2) is 6.33. The van der Waals surface area contributed by atoms with Gasteiger partial charge in [-0.05, 0) is 17.7 Å². The number of aromatic hydroxyl groups is 1. The highest BCUT2D eigenvalue weighted by molar-refractivity contribution is 6.83. The summed E-state index contributed by atoms with van der Waals surface area (Å²) in [7, 11) is -1.73. The summed E-state index contributed by atoms with van der Waals surface area (Å²) in [6, 6.07) is 6.40. The van der Waals surface area contributed by atoms with Crippen molar-refractivity contribution < 1.29 is 24.2 Å². The summed E-state index contributed by atoms with van der Waals surface area (Å²) in [5.41, 5.74) is 3.77. The summed E-state index contributed by atoms with van der Waals surface area (Å²) in [6.07, 6.45) is 0. The lowest BCUT2D eigenvalue weighted by Gasteiger charge is -2.34. The number of esters is 2. The molecule has 1 aromatic rings. The van der Waals surface area contributed by atoms with Gasteiger partial charge in [0.25, 0.3) is 5.79 Å². The molecule has 24 heavy (non-hydrogen) atoms. The van der Waals surface area contributed by atoms with E-state index in [2.05, 4.69) is 31.1 Å². The molecule has 0 bridgehead atoms. The standard InChI is InChI=1S/C18H22O5Si/c1-18(2)22-16(20)15(17(21)23-18)14(9-10-24(3,4)5)12-7-6-8-13(19)11-12/h6-8,11,14-15,19H,1-5H3/t14-/m1/s1. The van der Waals surface area contributed by atoms with Crippen LogP contribution in [0.25, 0.3) is 0 Å². The van der Waals surface area contributed by atoms with Gasteiger partial charge in [0.15, 0.2) is 5.92 Å². The summed E-state index contributed by atoms with van der Waals surface area (Å²) in [5, 5.41) is 9.73. The smallest absolute Gasteiger partial charge is 0.325 e. The van der Waals surface area contributed by atoms with Crippen LogP contribution in [0.4, 0.5) is 0 Å². The molecule has 0 radical (unpaired) electrons. The second-order valence-corrected chi connectivity index (χ2v) is 12.1. The van der Waals surface area contributed by atoms with Gasteiger partial charge in [0.2, 0.25) is 0 Å². The fourth-order valence-corrected chi connectivity index (χ4v) is 2.96. The van der Waals surface area contributed by atoms with Gasteiger partial charge in [0.1, 0.15) is 13.8 Å². The first-order chi connectivity index (χ1) is 11.0. The molecule has 0 aliphatic carbocycles. The Bertz CT molecular complexity index is 701. The van der Waals surface area contributed by atoms with Crippen molar-refractivity contribution in [2.45, 2.75) is 45.2 Å². The third-order valence-corrected chi connectivity index (χ3v) is 4.26. The van der Waals surface area contributed by atoms with E-state index in [4.69, 9.17) is 9.47 Å². The minimum atomic E-state index is -1.73.